The van der Waals surface area contributed by atoms with Gasteiger partial charge in [-0.25, -0.2) is 8.78 Å². The summed E-state index contributed by atoms with van der Waals surface area (Å²) in [6.07, 6.45) is 0.0843. The fourth-order valence-corrected chi connectivity index (χ4v) is 2.00. The largest absolute Gasteiger partial charge is 0.366 e. The van der Waals surface area contributed by atoms with Crippen LogP contribution in [0.3, 0.4) is 0 Å². The smallest absolute Gasteiger partial charge is 0.225 e. The number of hydrogen-bond acceptors (Lipinski definition) is 2. The van der Waals surface area contributed by atoms with Gasteiger partial charge in [0.05, 0.1) is 5.56 Å². The highest BCUT2D eigenvalue weighted by Crippen LogP contribution is 2.38. The summed E-state index contributed by atoms with van der Waals surface area (Å²) in [5.41, 5.74) is -2.32. The van der Waals surface area contributed by atoms with E-state index in [-0.39, 0.29) is 18.7 Å². The van der Waals surface area contributed by atoms with Crippen LogP contribution >= 0.6 is 0 Å². The predicted molar refractivity (Wildman–Crippen MR) is 52.3 cm³/mol. The Bertz CT molecular complexity index is 429. The SMILES string of the molecule is CN1C(=O)CCC1(O)c1c(F)cccc1F. The third-order valence-electron chi connectivity index (χ3n) is 2.98. The van der Waals surface area contributed by atoms with E-state index in [0.717, 1.165) is 17.0 Å². The quantitative estimate of drug-likeness (QED) is 0.787. The average Bonchev–Trinajstić information content (AvgIpc) is 2.47. The summed E-state index contributed by atoms with van der Waals surface area (Å²) in [5.74, 6) is -2.02. The molecule has 1 N–H and O–H groups in total. The van der Waals surface area contributed by atoms with E-state index in [1.807, 2.05) is 0 Å². The van der Waals surface area contributed by atoms with Gasteiger partial charge in [0.25, 0.3) is 0 Å². The molecular weight excluding hydrogens is 216 g/mol. The van der Waals surface area contributed by atoms with Crippen LogP contribution in [0.2, 0.25) is 0 Å². The lowest BCUT2D eigenvalue weighted by molar-refractivity contribution is -0.143. The molecule has 86 valence electrons. The van der Waals surface area contributed by atoms with Crippen LogP contribution in [0.5, 0.6) is 0 Å². The Morgan fingerprint density at radius 1 is 1.38 bits per heavy atom. The summed E-state index contributed by atoms with van der Waals surface area (Å²) in [4.78, 5) is 12.3. The van der Waals surface area contributed by atoms with Crippen LogP contribution in [0, 0.1) is 11.6 Å². The summed E-state index contributed by atoms with van der Waals surface area (Å²) in [6, 6.07) is 3.34. The molecule has 1 aromatic carbocycles. The van der Waals surface area contributed by atoms with Crippen LogP contribution in [0.4, 0.5) is 8.78 Å². The van der Waals surface area contributed by atoms with Gasteiger partial charge in [0.2, 0.25) is 5.91 Å². The van der Waals surface area contributed by atoms with E-state index in [4.69, 9.17) is 0 Å². The minimum Gasteiger partial charge on any atom is -0.366 e. The number of carbonyl (C=O) groups is 1. The van der Waals surface area contributed by atoms with Crippen molar-refractivity contribution in [1.29, 1.82) is 0 Å². The van der Waals surface area contributed by atoms with Gasteiger partial charge in [0, 0.05) is 19.9 Å². The number of likely N-dealkylation sites (tertiary alicyclic amines) is 1. The lowest BCUT2D eigenvalue weighted by atomic mass is 9.99. The molecule has 1 unspecified atom stereocenters. The highest BCUT2D eigenvalue weighted by atomic mass is 19.1. The van der Waals surface area contributed by atoms with E-state index in [0.29, 0.717) is 0 Å². The maximum absolute atomic E-state index is 13.5. The molecule has 1 heterocycles. The average molecular weight is 227 g/mol. The molecule has 0 spiro atoms. The van der Waals surface area contributed by atoms with E-state index in [2.05, 4.69) is 0 Å². The van der Waals surface area contributed by atoms with Crippen molar-refractivity contribution in [3.8, 4) is 0 Å². The third-order valence-corrected chi connectivity index (χ3v) is 2.98. The van der Waals surface area contributed by atoms with Crippen molar-refractivity contribution >= 4 is 5.91 Å². The second kappa shape index (κ2) is 3.52. The third kappa shape index (κ3) is 1.39. The van der Waals surface area contributed by atoms with E-state index in [9.17, 15) is 18.7 Å². The standard InChI is InChI=1S/C11H11F2NO2/c1-14-9(15)5-6-11(14,16)10-7(12)3-2-4-8(10)13/h2-4,16H,5-6H2,1H3. The van der Waals surface area contributed by atoms with Gasteiger partial charge >= 0.3 is 0 Å². The number of nitrogens with zero attached hydrogens (tertiary/aromatic N) is 1. The Kier molecular flexibility index (Phi) is 2.42. The first-order valence-corrected chi connectivity index (χ1v) is 4.90. The zero-order valence-electron chi connectivity index (χ0n) is 8.70. The number of carbonyl (C=O) groups excluding carboxylic acids is 1. The van der Waals surface area contributed by atoms with Crippen LogP contribution in [-0.4, -0.2) is 23.0 Å². The van der Waals surface area contributed by atoms with E-state index < -0.39 is 22.9 Å². The first-order valence-electron chi connectivity index (χ1n) is 4.90. The van der Waals surface area contributed by atoms with Crippen molar-refractivity contribution in [2.75, 3.05) is 7.05 Å². The maximum Gasteiger partial charge on any atom is 0.225 e. The number of benzene rings is 1. The minimum atomic E-state index is -1.87. The van der Waals surface area contributed by atoms with Gasteiger partial charge in [0.15, 0.2) is 5.72 Å². The topological polar surface area (TPSA) is 40.5 Å². The molecule has 1 saturated heterocycles. The van der Waals surface area contributed by atoms with Gasteiger partial charge in [-0.05, 0) is 12.1 Å². The summed E-state index contributed by atoms with van der Waals surface area (Å²) < 4.78 is 27.0. The van der Waals surface area contributed by atoms with Crippen LogP contribution < -0.4 is 0 Å². The van der Waals surface area contributed by atoms with Crippen molar-refractivity contribution in [3.63, 3.8) is 0 Å². The molecule has 16 heavy (non-hydrogen) atoms. The molecule has 2 rings (SSSR count). The van der Waals surface area contributed by atoms with Crippen molar-refractivity contribution in [2.45, 2.75) is 18.6 Å². The molecule has 0 aliphatic carbocycles. The molecular formula is C11H11F2NO2. The zero-order valence-corrected chi connectivity index (χ0v) is 8.70. The van der Waals surface area contributed by atoms with E-state index in [1.165, 1.54) is 13.1 Å². The first kappa shape index (κ1) is 11.0. The number of halogens is 2. The van der Waals surface area contributed by atoms with Crippen molar-refractivity contribution in [2.24, 2.45) is 0 Å². The van der Waals surface area contributed by atoms with Gasteiger partial charge in [-0.1, -0.05) is 6.07 Å². The number of aliphatic hydroxyl groups is 1. The molecule has 0 bridgehead atoms. The Morgan fingerprint density at radius 3 is 2.38 bits per heavy atom. The van der Waals surface area contributed by atoms with E-state index >= 15 is 0 Å². The number of rotatable bonds is 1. The summed E-state index contributed by atoms with van der Waals surface area (Å²) >= 11 is 0. The normalized spacial score (nSPS) is 25.2. The van der Waals surface area contributed by atoms with Gasteiger partial charge in [-0.2, -0.15) is 0 Å². The number of hydrogen-bond donors (Lipinski definition) is 1. The lowest BCUT2D eigenvalue weighted by Gasteiger charge is -2.31. The Labute approximate surface area is 91.3 Å². The zero-order chi connectivity index (χ0) is 11.9. The fraction of sp³-hybridized carbons (Fsp3) is 0.364. The molecule has 1 aliphatic heterocycles. The van der Waals surface area contributed by atoms with Crippen LogP contribution in [0.25, 0.3) is 0 Å². The highest BCUT2D eigenvalue weighted by molar-refractivity contribution is 5.79. The van der Waals surface area contributed by atoms with Crippen molar-refractivity contribution < 1.29 is 18.7 Å². The summed E-state index contributed by atoms with van der Waals surface area (Å²) in [6.45, 7) is 0. The molecule has 1 atom stereocenters. The van der Waals surface area contributed by atoms with Crippen LogP contribution in [0.1, 0.15) is 18.4 Å². The Morgan fingerprint density at radius 2 is 1.94 bits per heavy atom. The van der Waals surface area contributed by atoms with Gasteiger partial charge in [-0.3, -0.25) is 4.79 Å². The molecule has 1 aliphatic rings. The molecule has 0 radical (unpaired) electrons. The van der Waals surface area contributed by atoms with Crippen molar-refractivity contribution in [1.82, 2.24) is 4.90 Å². The molecule has 0 saturated carbocycles. The molecule has 1 amide bonds. The predicted octanol–water partition coefficient (Wildman–Crippen LogP) is 1.36. The summed E-state index contributed by atoms with van der Waals surface area (Å²) in [5, 5.41) is 10.2. The van der Waals surface area contributed by atoms with Gasteiger partial charge in [0.1, 0.15) is 11.6 Å². The fourth-order valence-electron chi connectivity index (χ4n) is 2.00. The van der Waals surface area contributed by atoms with Crippen LogP contribution in [0.15, 0.2) is 18.2 Å². The van der Waals surface area contributed by atoms with E-state index in [1.54, 1.807) is 0 Å². The lowest BCUT2D eigenvalue weighted by Crippen LogP contribution is -2.41. The minimum absolute atomic E-state index is 0.000185. The summed E-state index contributed by atoms with van der Waals surface area (Å²) in [7, 11) is 1.33. The molecule has 1 fully saturated rings. The molecule has 0 aromatic heterocycles. The van der Waals surface area contributed by atoms with Gasteiger partial charge in [-0.15, -0.1) is 0 Å². The Hall–Kier alpha value is -1.49. The molecule has 5 heteroatoms. The molecule has 1 aromatic rings. The van der Waals surface area contributed by atoms with Crippen LogP contribution in [-0.2, 0) is 10.5 Å². The first-order chi connectivity index (χ1) is 7.47. The maximum atomic E-state index is 13.5. The molecule has 3 nitrogen and oxygen atoms in total. The monoisotopic (exact) mass is 227 g/mol. The highest BCUT2D eigenvalue weighted by Gasteiger charge is 2.46. The van der Waals surface area contributed by atoms with Crippen molar-refractivity contribution in [3.05, 3.63) is 35.4 Å². The second-order valence-corrected chi connectivity index (χ2v) is 3.87. The Balaban J connectivity index is 2.56. The van der Waals surface area contributed by atoms with Gasteiger partial charge < -0.3 is 10.0 Å². The number of amides is 1. The second-order valence-electron chi connectivity index (χ2n) is 3.87.